The second kappa shape index (κ2) is 7.62. The Morgan fingerprint density at radius 2 is 2.39 bits per heavy atom. The molecule has 0 aliphatic heterocycles. The van der Waals surface area contributed by atoms with Crippen LogP contribution in [0.5, 0.6) is 0 Å². The third-order valence-corrected chi connectivity index (χ3v) is 3.27. The molecule has 1 amide bonds. The summed E-state index contributed by atoms with van der Waals surface area (Å²) in [6, 6.07) is 3.76. The second-order valence-electron chi connectivity index (χ2n) is 3.47. The van der Waals surface area contributed by atoms with Crippen LogP contribution in [0.4, 0.5) is 0 Å². The molecule has 0 aliphatic rings. The van der Waals surface area contributed by atoms with E-state index in [2.05, 4.69) is 10.1 Å². The molecule has 0 radical (unpaired) electrons. The molecule has 1 aromatic rings. The van der Waals surface area contributed by atoms with Crippen molar-refractivity contribution in [1.29, 1.82) is 0 Å². The van der Waals surface area contributed by atoms with Crippen molar-refractivity contribution in [3.63, 3.8) is 0 Å². The summed E-state index contributed by atoms with van der Waals surface area (Å²) in [7, 11) is 1.30. The van der Waals surface area contributed by atoms with Gasteiger partial charge in [-0.15, -0.1) is 11.3 Å². The Hall–Kier alpha value is -1.66. The van der Waals surface area contributed by atoms with Gasteiger partial charge in [-0.2, -0.15) is 0 Å². The highest BCUT2D eigenvalue weighted by molar-refractivity contribution is 7.10. The maximum Gasteiger partial charge on any atom is 0.330 e. The summed E-state index contributed by atoms with van der Waals surface area (Å²) >= 11 is 1.50. The summed E-state index contributed by atoms with van der Waals surface area (Å²) in [5, 5.41) is 4.60. The van der Waals surface area contributed by atoms with E-state index >= 15 is 0 Å². The van der Waals surface area contributed by atoms with E-state index in [1.165, 1.54) is 30.6 Å². The third-order valence-electron chi connectivity index (χ3n) is 2.29. The molecular formula is C12H16N2O3S. The number of ether oxygens (including phenoxy) is 1. The molecule has 6 heteroatoms. The van der Waals surface area contributed by atoms with Crippen LogP contribution < -0.4 is 11.1 Å². The van der Waals surface area contributed by atoms with Gasteiger partial charge in [-0.25, -0.2) is 4.79 Å². The minimum atomic E-state index is -0.446. The number of nitrogens with one attached hydrogen (secondary N) is 1. The molecule has 1 unspecified atom stereocenters. The summed E-state index contributed by atoms with van der Waals surface area (Å²) in [6.45, 7) is 0.531. The summed E-state index contributed by atoms with van der Waals surface area (Å²) in [4.78, 5) is 23.6. The van der Waals surface area contributed by atoms with Gasteiger partial charge in [0.1, 0.15) is 0 Å². The first-order chi connectivity index (χ1) is 8.69. The van der Waals surface area contributed by atoms with Crippen LogP contribution in [0.15, 0.2) is 29.7 Å². The Bertz CT molecular complexity index is 415. The zero-order valence-electron chi connectivity index (χ0n) is 10.1. The smallest absolute Gasteiger partial charge is 0.330 e. The number of amides is 1. The van der Waals surface area contributed by atoms with Gasteiger partial charge >= 0.3 is 5.97 Å². The second-order valence-corrected chi connectivity index (χ2v) is 4.45. The highest BCUT2D eigenvalue weighted by Crippen LogP contribution is 2.20. The van der Waals surface area contributed by atoms with Crippen molar-refractivity contribution < 1.29 is 14.3 Å². The number of esters is 1. The Labute approximate surface area is 110 Å². The molecule has 18 heavy (non-hydrogen) atoms. The fourth-order valence-corrected chi connectivity index (χ4v) is 2.19. The van der Waals surface area contributed by atoms with Crippen LogP contribution in [0.2, 0.25) is 0 Å². The maximum atomic E-state index is 11.9. The number of carbonyl (C=O) groups excluding carboxylic acids is 2. The van der Waals surface area contributed by atoms with Crippen LogP contribution in [0.25, 0.3) is 0 Å². The van der Waals surface area contributed by atoms with Crippen LogP contribution in [0, 0.1) is 0 Å². The fourth-order valence-electron chi connectivity index (χ4n) is 1.35. The lowest BCUT2D eigenvalue weighted by Crippen LogP contribution is -2.33. The zero-order chi connectivity index (χ0) is 13.4. The molecule has 5 nitrogen and oxygen atoms in total. The van der Waals surface area contributed by atoms with Gasteiger partial charge < -0.3 is 15.8 Å². The average Bonchev–Trinajstić information content (AvgIpc) is 2.89. The maximum absolute atomic E-state index is 11.9. The molecular weight excluding hydrogens is 252 g/mol. The molecule has 3 N–H and O–H groups in total. The quantitative estimate of drug-likeness (QED) is 0.586. The fraction of sp³-hybridized carbons (Fsp3) is 0.333. The number of rotatable bonds is 6. The van der Waals surface area contributed by atoms with Gasteiger partial charge in [0, 0.05) is 24.0 Å². The predicted molar refractivity (Wildman–Crippen MR) is 70.3 cm³/mol. The van der Waals surface area contributed by atoms with E-state index in [0.29, 0.717) is 0 Å². The molecule has 1 rings (SSSR count). The monoisotopic (exact) mass is 268 g/mol. The van der Waals surface area contributed by atoms with Crippen molar-refractivity contribution in [2.24, 2.45) is 5.73 Å². The lowest BCUT2D eigenvalue weighted by Gasteiger charge is -2.12. The number of carbonyl (C=O) groups is 2. The standard InChI is InChI=1S/C12H16N2O3S/c1-17-11(15)5-2-6-14-12(16)9(8-13)10-4-3-7-18-10/h2-5,7,9H,6,8,13H2,1H3,(H,14,16)/b5-2+. The summed E-state index contributed by atoms with van der Waals surface area (Å²) in [5.74, 6) is -0.927. The predicted octanol–water partition coefficient (Wildman–Crippen LogP) is 0.636. The van der Waals surface area contributed by atoms with Crippen LogP contribution in [-0.2, 0) is 14.3 Å². The van der Waals surface area contributed by atoms with Crippen molar-refractivity contribution in [2.75, 3.05) is 20.2 Å². The van der Waals surface area contributed by atoms with Gasteiger partial charge in [0.05, 0.1) is 13.0 Å². The van der Waals surface area contributed by atoms with Gasteiger partial charge in [0.25, 0.3) is 0 Å². The lowest BCUT2D eigenvalue weighted by molar-refractivity contribution is -0.134. The number of nitrogens with two attached hydrogens (primary N) is 1. The minimum absolute atomic E-state index is 0.144. The Balaban J connectivity index is 2.44. The number of thiophene rings is 1. The molecule has 1 heterocycles. The molecule has 0 fully saturated rings. The van der Waals surface area contributed by atoms with Crippen molar-refractivity contribution in [2.45, 2.75) is 5.92 Å². The molecule has 0 saturated heterocycles. The van der Waals surface area contributed by atoms with E-state index in [-0.39, 0.29) is 24.9 Å². The highest BCUT2D eigenvalue weighted by atomic mass is 32.1. The first kappa shape index (κ1) is 14.4. The first-order valence-corrected chi connectivity index (χ1v) is 6.32. The summed E-state index contributed by atoms with van der Waals surface area (Å²) in [5.41, 5.74) is 5.59. The van der Waals surface area contributed by atoms with Gasteiger partial charge in [0.15, 0.2) is 0 Å². The first-order valence-electron chi connectivity index (χ1n) is 5.44. The molecule has 0 bridgehead atoms. The molecule has 0 aliphatic carbocycles. The van der Waals surface area contributed by atoms with Crippen molar-refractivity contribution in [3.05, 3.63) is 34.5 Å². The van der Waals surface area contributed by atoms with Gasteiger partial charge in [-0.05, 0) is 11.4 Å². The molecule has 0 spiro atoms. The average molecular weight is 268 g/mol. The molecule has 0 aromatic carbocycles. The third kappa shape index (κ3) is 4.31. The lowest BCUT2D eigenvalue weighted by atomic mass is 10.1. The Kier molecular flexibility index (Phi) is 6.10. The van der Waals surface area contributed by atoms with E-state index in [1.807, 2.05) is 17.5 Å². The van der Waals surface area contributed by atoms with E-state index in [1.54, 1.807) is 0 Å². The zero-order valence-corrected chi connectivity index (χ0v) is 10.9. The van der Waals surface area contributed by atoms with Crippen molar-refractivity contribution >= 4 is 23.2 Å². The normalized spacial score (nSPS) is 12.3. The van der Waals surface area contributed by atoms with Gasteiger partial charge in [-0.1, -0.05) is 12.1 Å². The van der Waals surface area contributed by atoms with Crippen LogP contribution in [-0.4, -0.2) is 32.1 Å². The van der Waals surface area contributed by atoms with Gasteiger partial charge in [0.2, 0.25) is 5.91 Å². The number of hydrogen-bond donors (Lipinski definition) is 2. The molecule has 1 aromatic heterocycles. The van der Waals surface area contributed by atoms with Crippen LogP contribution in [0.1, 0.15) is 10.8 Å². The van der Waals surface area contributed by atoms with E-state index in [0.717, 1.165) is 4.88 Å². The number of methoxy groups -OCH3 is 1. The molecule has 98 valence electrons. The van der Waals surface area contributed by atoms with Crippen LogP contribution >= 0.6 is 11.3 Å². The van der Waals surface area contributed by atoms with E-state index in [9.17, 15) is 9.59 Å². The Morgan fingerprint density at radius 1 is 1.61 bits per heavy atom. The summed E-state index contributed by atoms with van der Waals surface area (Å²) < 4.78 is 4.43. The topological polar surface area (TPSA) is 81.4 Å². The highest BCUT2D eigenvalue weighted by Gasteiger charge is 2.18. The Morgan fingerprint density at radius 3 is 2.94 bits per heavy atom. The van der Waals surface area contributed by atoms with Crippen molar-refractivity contribution in [1.82, 2.24) is 5.32 Å². The summed E-state index contributed by atoms with van der Waals surface area (Å²) in [6.07, 6.45) is 2.80. The number of hydrogen-bond acceptors (Lipinski definition) is 5. The molecule has 0 saturated carbocycles. The van der Waals surface area contributed by atoms with E-state index < -0.39 is 5.97 Å². The largest absolute Gasteiger partial charge is 0.466 e. The SMILES string of the molecule is COC(=O)/C=C/CNC(=O)C(CN)c1cccs1. The van der Waals surface area contributed by atoms with Gasteiger partial charge in [-0.3, -0.25) is 4.79 Å². The minimum Gasteiger partial charge on any atom is -0.466 e. The van der Waals surface area contributed by atoms with Crippen molar-refractivity contribution in [3.8, 4) is 0 Å². The van der Waals surface area contributed by atoms with E-state index in [4.69, 9.17) is 5.73 Å². The van der Waals surface area contributed by atoms with Crippen LogP contribution in [0.3, 0.4) is 0 Å². The molecule has 1 atom stereocenters.